The van der Waals surface area contributed by atoms with Crippen molar-refractivity contribution in [1.29, 1.82) is 0 Å². The molecule has 4 heterocycles. The molecule has 1 fully saturated rings. The smallest absolute Gasteiger partial charge is 0.254 e. The highest BCUT2D eigenvalue weighted by Gasteiger charge is 2.32. The van der Waals surface area contributed by atoms with Gasteiger partial charge in [-0.2, -0.15) is 4.31 Å². The molecular weight excluding hydrogens is 480 g/mol. The van der Waals surface area contributed by atoms with E-state index in [2.05, 4.69) is 4.98 Å². The number of pyridine rings is 2. The molecule has 10 heteroatoms. The van der Waals surface area contributed by atoms with Gasteiger partial charge in [-0.15, -0.1) is 11.3 Å². The van der Waals surface area contributed by atoms with Gasteiger partial charge in [0.25, 0.3) is 15.9 Å². The molecule has 1 amide bonds. The van der Waals surface area contributed by atoms with Crippen molar-refractivity contribution in [1.82, 2.24) is 19.2 Å². The third-order valence-electron chi connectivity index (χ3n) is 5.59. The number of piperazine rings is 1. The zero-order valence-corrected chi connectivity index (χ0v) is 19.8. The molecule has 0 radical (unpaired) electrons. The van der Waals surface area contributed by atoms with Gasteiger partial charge in [0, 0.05) is 49.5 Å². The number of aromatic nitrogens is 2. The van der Waals surface area contributed by atoms with Gasteiger partial charge in [0.1, 0.15) is 4.21 Å². The van der Waals surface area contributed by atoms with Crippen LogP contribution in [0.15, 0.2) is 71.2 Å². The number of sulfonamides is 1. The Morgan fingerprint density at radius 1 is 0.970 bits per heavy atom. The number of nitrogens with zero attached hydrogens (tertiary/aromatic N) is 4. The zero-order valence-electron chi connectivity index (χ0n) is 17.4. The van der Waals surface area contributed by atoms with Crippen molar-refractivity contribution < 1.29 is 13.2 Å². The van der Waals surface area contributed by atoms with Crippen molar-refractivity contribution >= 4 is 49.8 Å². The van der Waals surface area contributed by atoms with Gasteiger partial charge >= 0.3 is 0 Å². The van der Waals surface area contributed by atoms with Crippen LogP contribution in [0.2, 0.25) is 4.34 Å². The van der Waals surface area contributed by atoms with Crippen molar-refractivity contribution in [2.24, 2.45) is 0 Å². The van der Waals surface area contributed by atoms with E-state index < -0.39 is 10.0 Å². The summed E-state index contributed by atoms with van der Waals surface area (Å²) >= 11 is 6.95. The highest BCUT2D eigenvalue weighted by atomic mass is 35.5. The second kappa shape index (κ2) is 8.83. The van der Waals surface area contributed by atoms with Gasteiger partial charge in [-0.1, -0.05) is 29.8 Å². The third kappa shape index (κ3) is 4.24. The van der Waals surface area contributed by atoms with E-state index in [1.807, 2.05) is 36.4 Å². The van der Waals surface area contributed by atoms with E-state index in [0.29, 0.717) is 28.7 Å². The minimum Gasteiger partial charge on any atom is -0.336 e. The number of hydrogen-bond acceptors (Lipinski definition) is 6. The second-order valence-electron chi connectivity index (χ2n) is 7.56. The van der Waals surface area contributed by atoms with Crippen molar-refractivity contribution in [3.05, 3.63) is 76.9 Å². The predicted molar refractivity (Wildman–Crippen MR) is 129 cm³/mol. The van der Waals surface area contributed by atoms with Gasteiger partial charge in [-0.3, -0.25) is 9.78 Å². The molecule has 4 aromatic rings. The molecule has 0 aliphatic carbocycles. The summed E-state index contributed by atoms with van der Waals surface area (Å²) in [7, 11) is -3.62. The van der Waals surface area contributed by atoms with Gasteiger partial charge in [0.2, 0.25) is 0 Å². The first-order chi connectivity index (χ1) is 15.9. The fourth-order valence-electron chi connectivity index (χ4n) is 3.89. The van der Waals surface area contributed by atoms with Crippen LogP contribution in [0.3, 0.4) is 0 Å². The Kier molecular flexibility index (Phi) is 5.88. The molecule has 5 rings (SSSR count). The van der Waals surface area contributed by atoms with Crippen LogP contribution in [0.1, 0.15) is 10.4 Å². The Labute approximate surface area is 200 Å². The monoisotopic (exact) mass is 498 g/mol. The molecular formula is C23H19ClN4O3S2. The lowest BCUT2D eigenvalue weighted by Crippen LogP contribution is -2.50. The highest BCUT2D eigenvalue weighted by molar-refractivity contribution is 7.91. The van der Waals surface area contributed by atoms with E-state index in [4.69, 9.17) is 16.6 Å². The first-order valence-corrected chi connectivity index (χ1v) is 12.9. The summed E-state index contributed by atoms with van der Waals surface area (Å²) in [5, 5.41) is 0.767. The molecule has 0 unspecified atom stereocenters. The fourth-order valence-corrected chi connectivity index (χ4v) is 6.95. The Morgan fingerprint density at radius 3 is 2.39 bits per heavy atom. The average molecular weight is 499 g/mol. The average Bonchev–Trinajstić information content (AvgIpc) is 3.31. The van der Waals surface area contributed by atoms with E-state index >= 15 is 0 Å². The van der Waals surface area contributed by atoms with E-state index in [0.717, 1.165) is 27.8 Å². The first-order valence-electron chi connectivity index (χ1n) is 10.3. The number of amides is 1. The minimum atomic E-state index is -3.62. The standard InChI is InChI=1S/C23H19ClN4O3S2/c24-21-5-6-22(32-21)33(30,31)28-13-11-27(12-14-28)23(29)18-15-20(16-7-9-25-10-8-16)26-19-4-2-1-3-17(18)19/h1-10,15H,11-14H2. The Balaban J connectivity index is 1.42. The topological polar surface area (TPSA) is 83.5 Å². The number of rotatable bonds is 4. The molecule has 1 saturated heterocycles. The lowest BCUT2D eigenvalue weighted by atomic mass is 10.0. The molecule has 3 aromatic heterocycles. The van der Waals surface area contributed by atoms with E-state index in [9.17, 15) is 13.2 Å². The quantitative estimate of drug-likeness (QED) is 0.422. The summed E-state index contributed by atoms with van der Waals surface area (Å²) in [5.41, 5.74) is 2.84. The van der Waals surface area contributed by atoms with Crippen molar-refractivity contribution in [2.75, 3.05) is 26.2 Å². The first kappa shape index (κ1) is 22.0. The lowest BCUT2D eigenvalue weighted by molar-refractivity contribution is 0.0700. The molecule has 168 valence electrons. The van der Waals surface area contributed by atoms with Crippen LogP contribution in [-0.4, -0.2) is 59.7 Å². The predicted octanol–water partition coefficient (Wildman–Crippen LogP) is 4.16. The van der Waals surface area contributed by atoms with Gasteiger partial charge in [0.15, 0.2) is 0 Å². The third-order valence-corrected chi connectivity index (χ3v) is 9.19. The van der Waals surface area contributed by atoms with Gasteiger partial charge in [-0.25, -0.2) is 13.4 Å². The van der Waals surface area contributed by atoms with Crippen molar-refractivity contribution in [2.45, 2.75) is 4.21 Å². The van der Waals surface area contributed by atoms with Crippen molar-refractivity contribution in [3.8, 4) is 11.3 Å². The van der Waals surface area contributed by atoms with Gasteiger partial charge in [-0.05, 0) is 36.4 Å². The number of para-hydroxylation sites is 1. The van der Waals surface area contributed by atoms with E-state index in [-0.39, 0.29) is 23.2 Å². The summed E-state index contributed by atoms with van der Waals surface area (Å²) in [6.07, 6.45) is 3.38. The van der Waals surface area contributed by atoms with Crippen LogP contribution < -0.4 is 0 Å². The number of hydrogen-bond donors (Lipinski definition) is 0. The summed E-state index contributed by atoms with van der Waals surface area (Å²) < 4.78 is 27.8. The Hall–Kier alpha value is -2.85. The Morgan fingerprint density at radius 2 is 1.70 bits per heavy atom. The number of carbonyl (C=O) groups is 1. The molecule has 0 saturated carbocycles. The molecule has 0 spiro atoms. The number of fused-ring (bicyclic) bond motifs is 1. The molecule has 7 nitrogen and oxygen atoms in total. The molecule has 33 heavy (non-hydrogen) atoms. The van der Waals surface area contributed by atoms with Crippen LogP contribution in [0.5, 0.6) is 0 Å². The number of carbonyl (C=O) groups excluding carboxylic acids is 1. The fraction of sp³-hybridized carbons (Fsp3) is 0.174. The molecule has 1 aromatic carbocycles. The summed E-state index contributed by atoms with van der Waals surface area (Å²) in [6, 6.07) is 16.1. The highest BCUT2D eigenvalue weighted by Crippen LogP contribution is 2.29. The number of benzene rings is 1. The van der Waals surface area contributed by atoms with Crippen molar-refractivity contribution in [3.63, 3.8) is 0 Å². The maximum Gasteiger partial charge on any atom is 0.254 e. The lowest BCUT2D eigenvalue weighted by Gasteiger charge is -2.34. The maximum atomic E-state index is 13.5. The molecule has 0 atom stereocenters. The second-order valence-corrected chi connectivity index (χ2v) is 11.4. The number of thiophene rings is 1. The van der Waals surface area contributed by atoms with E-state index in [1.54, 1.807) is 29.4 Å². The van der Waals surface area contributed by atoms with Crippen LogP contribution in [0.25, 0.3) is 22.2 Å². The molecule has 0 N–H and O–H groups in total. The van der Waals surface area contributed by atoms with E-state index in [1.165, 1.54) is 10.4 Å². The minimum absolute atomic E-state index is 0.139. The van der Waals surface area contributed by atoms with Crippen LogP contribution in [0, 0.1) is 0 Å². The summed E-state index contributed by atoms with van der Waals surface area (Å²) in [6.45, 7) is 1.06. The largest absolute Gasteiger partial charge is 0.336 e. The van der Waals surface area contributed by atoms with Gasteiger partial charge < -0.3 is 4.90 Å². The SMILES string of the molecule is O=C(c1cc(-c2ccncc2)nc2ccccc12)N1CCN(S(=O)(=O)c2ccc(Cl)s2)CC1. The van der Waals surface area contributed by atoms with Crippen LogP contribution in [0.4, 0.5) is 0 Å². The maximum absolute atomic E-state index is 13.5. The van der Waals surface area contributed by atoms with Crippen LogP contribution in [-0.2, 0) is 10.0 Å². The molecule has 1 aliphatic rings. The molecule has 0 bridgehead atoms. The normalized spacial score (nSPS) is 15.1. The molecule has 1 aliphatic heterocycles. The zero-order chi connectivity index (χ0) is 23.0. The Bertz CT molecular complexity index is 1430. The number of halogens is 1. The van der Waals surface area contributed by atoms with Crippen LogP contribution >= 0.6 is 22.9 Å². The van der Waals surface area contributed by atoms with Gasteiger partial charge in [0.05, 0.1) is 21.1 Å². The summed E-state index contributed by atoms with van der Waals surface area (Å²) in [5.74, 6) is -0.139. The summed E-state index contributed by atoms with van der Waals surface area (Å²) in [4.78, 5) is 24.0.